The Morgan fingerprint density at radius 1 is 1.45 bits per heavy atom. The SMILES string of the molecule is CCC1CCN(c2ncnc3cc(C(=O)O)ccc23)C1. The van der Waals surface area contributed by atoms with Crippen molar-refractivity contribution in [3.63, 3.8) is 0 Å². The molecule has 2 heterocycles. The van der Waals surface area contributed by atoms with Gasteiger partial charge in [-0.15, -0.1) is 0 Å². The number of benzene rings is 1. The molecule has 104 valence electrons. The molecule has 5 nitrogen and oxygen atoms in total. The van der Waals surface area contributed by atoms with Gasteiger partial charge in [-0.3, -0.25) is 0 Å². The van der Waals surface area contributed by atoms with Crippen molar-refractivity contribution in [2.75, 3.05) is 18.0 Å². The Morgan fingerprint density at radius 2 is 2.30 bits per heavy atom. The van der Waals surface area contributed by atoms with Gasteiger partial charge in [-0.2, -0.15) is 0 Å². The second-order valence-corrected chi connectivity index (χ2v) is 5.24. The van der Waals surface area contributed by atoms with Crippen LogP contribution in [0.15, 0.2) is 24.5 Å². The highest BCUT2D eigenvalue weighted by Gasteiger charge is 2.23. The van der Waals surface area contributed by atoms with Crippen molar-refractivity contribution in [1.82, 2.24) is 9.97 Å². The first-order valence-corrected chi connectivity index (χ1v) is 6.92. The van der Waals surface area contributed by atoms with Crippen LogP contribution in [0, 0.1) is 5.92 Å². The van der Waals surface area contributed by atoms with Crippen LogP contribution in [0.4, 0.5) is 5.82 Å². The summed E-state index contributed by atoms with van der Waals surface area (Å²) in [6.07, 6.45) is 3.89. The smallest absolute Gasteiger partial charge is 0.335 e. The summed E-state index contributed by atoms with van der Waals surface area (Å²) in [7, 11) is 0. The lowest BCUT2D eigenvalue weighted by atomic mass is 10.1. The lowest BCUT2D eigenvalue weighted by Crippen LogP contribution is -2.21. The fourth-order valence-electron chi connectivity index (χ4n) is 2.79. The number of hydrogen-bond acceptors (Lipinski definition) is 4. The second-order valence-electron chi connectivity index (χ2n) is 5.24. The van der Waals surface area contributed by atoms with Crippen LogP contribution < -0.4 is 4.90 Å². The lowest BCUT2D eigenvalue weighted by molar-refractivity contribution is 0.0697. The van der Waals surface area contributed by atoms with Crippen LogP contribution in [0.3, 0.4) is 0 Å². The third-order valence-corrected chi connectivity index (χ3v) is 4.03. The molecule has 0 bridgehead atoms. The van der Waals surface area contributed by atoms with E-state index in [1.54, 1.807) is 12.1 Å². The average molecular weight is 271 g/mol. The third kappa shape index (κ3) is 2.19. The molecule has 1 saturated heterocycles. The molecule has 20 heavy (non-hydrogen) atoms. The molecule has 1 aliphatic rings. The maximum absolute atomic E-state index is 11.0. The average Bonchev–Trinajstić information content (AvgIpc) is 2.94. The number of aromatic carboxylic acids is 1. The quantitative estimate of drug-likeness (QED) is 0.929. The van der Waals surface area contributed by atoms with E-state index >= 15 is 0 Å². The first-order chi connectivity index (χ1) is 9.69. The molecule has 1 aromatic heterocycles. The molecular formula is C15H17N3O2. The van der Waals surface area contributed by atoms with E-state index in [2.05, 4.69) is 21.8 Å². The fraction of sp³-hybridized carbons (Fsp3) is 0.400. The largest absolute Gasteiger partial charge is 0.478 e. The van der Waals surface area contributed by atoms with E-state index in [9.17, 15) is 4.79 Å². The Balaban J connectivity index is 2.02. The maximum Gasteiger partial charge on any atom is 0.335 e. The molecule has 1 aromatic carbocycles. The molecule has 3 rings (SSSR count). The molecule has 0 amide bonds. The van der Waals surface area contributed by atoms with Crippen LogP contribution in [0.5, 0.6) is 0 Å². The Kier molecular flexibility index (Phi) is 3.26. The van der Waals surface area contributed by atoms with Gasteiger partial charge in [-0.1, -0.05) is 13.3 Å². The number of rotatable bonds is 3. The number of anilines is 1. The van der Waals surface area contributed by atoms with E-state index in [-0.39, 0.29) is 5.56 Å². The highest BCUT2D eigenvalue weighted by atomic mass is 16.4. The molecule has 2 aromatic rings. The van der Waals surface area contributed by atoms with Gasteiger partial charge >= 0.3 is 5.97 Å². The van der Waals surface area contributed by atoms with Gasteiger partial charge in [0.1, 0.15) is 12.1 Å². The van der Waals surface area contributed by atoms with E-state index in [1.807, 2.05) is 6.07 Å². The van der Waals surface area contributed by atoms with Crippen LogP contribution in [0.1, 0.15) is 30.1 Å². The summed E-state index contributed by atoms with van der Waals surface area (Å²) in [5.74, 6) is 0.709. The molecule has 1 aliphatic heterocycles. The number of carbonyl (C=O) groups is 1. The minimum absolute atomic E-state index is 0.259. The van der Waals surface area contributed by atoms with Crippen LogP contribution in [0.2, 0.25) is 0 Å². The van der Waals surface area contributed by atoms with Crippen molar-refractivity contribution in [1.29, 1.82) is 0 Å². The molecular weight excluding hydrogens is 254 g/mol. The van der Waals surface area contributed by atoms with Gasteiger partial charge in [0.2, 0.25) is 0 Å². The van der Waals surface area contributed by atoms with Crippen molar-refractivity contribution in [3.8, 4) is 0 Å². The van der Waals surface area contributed by atoms with Gasteiger partial charge in [0.05, 0.1) is 11.1 Å². The highest BCUT2D eigenvalue weighted by molar-refractivity contribution is 5.96. The molecule has 0 spiro atoms. The van der Waals surface area contributed by atoms with Crippen LogP contribution >= 0.6 is 0 Å². The topological polar surface area (TPSA) is 66.3 Å². The number of nitrogens with zero attached hydrogens (tertiary/aromatic N) is 3. The fourth-order valence-corrected chi connectivity index (χ4v) is 2.79. The first kappa shape index (κ1) is 12.8. The molecule has 1 atom stereocenters. The van der Waals surface area contributed by atoms with Crippen molar-refractivity contribution in [2.24, 2.45) is 5.92 Å². The zero-order chi connectivity index (χ0) is 14.1. The summed E-state index contributed by atoms with van der Waals surface area (Å²) in [4.78, 5) is 21.9. The van der Waals surface area contributed by atoms with E-state index in [4.69, 9.17) is 5.11 Å². The Morgan fingerprint density at radius 3 is 3.00 bits per heavy atom. The van der Waals surface area contributed by atoms with Gasteiger partial charge in [0, 0.05) is 18.5 Å². The number of fused-ring (bicyclic) bond motifs is 1. The van der Waals surface area contributed by atoms with E-state index in [0.29, 0.717) is 5.52 Å². The second kappa shape index (κ2) is 5.07. The minimum Gasteiger partial charge on any atom is -0.478 e. The summed E-state index contributed by atoms with van der Waals surface area (Å²) in [6, 6.07) is 5.04. The van der Waals surface area contributed by atoms with E-state index in [0.717, 1.165) is 30.2 Å². The number of hydrogen-bond donors (Lipinski definition) is 1. The Labute approximate surface area is 117 Å². The monoisotopic (exact) mass is 271 g/mol. The molecule has 1 unspecified atom stereocenters. The Bertz CT molecular complexity index is 657. The molecule has 5 heteroatoms. The van der Waals surface area contributed by atoms with Gasteiger partial charge in [-0.05, 0) is 30.5 Å². The predicted octanol–water partition coefficient (Wildman–Crippen LogP) is 2.56. The molecule has 0 aliphatic carbocycles. The standard InChI is InChI=1S/C15H17N3O2/c1-2-10-5-6-18(8-10)14-12-4-3-11(15(19)20)7-13(12)16-9-17-14/h3-4,7,9-10H,2,5-6,8H2,1H3,(H,19,20). The predicted molar refractivity (Wildman–Crippen MR) is 77.1 cm³/mol. The number of aromatic nitrogens is 2. The normalized spacial score (nSPS) is 18.6. The summed E-state index contributed by atoms with van der Waals surface area (Å²) >= 11 is 0. The molecule has 1 fully saturated rings. The zero-order valence-electron chi connectivity index (χ0n) is 11.4. The van der Waals surface area contributed by atoms with Gasteiger partial charge in [-0.25, -0.2) is 14.8 Å². The van der Waals surface area contributed by atoms with Crippen LogP contribution in [0.25, 0.3) is 10.9 Å². The van der Waals surface area contributed by atoms with Gasteiger partial charge in [0.25, 0.3) is 0 Å². The first-order valence-electron chi connectivity index (χ1n) is 6.92. The van der Waals surface area contributed by atoms with Crippen molar-refractivity contribution in [2.45, 2.75) is 19.8 Å². The number of carboxylic acid groups (broad SMARTS) is 1. The minimum atomic E-state index is -0.931. The van der Waals surface area contributed by atoms with E-state index < -0.39 is 5.97 Å². The lowest BCUT2D eigenvalue weighted by Gasteiger charge is -2.18. The molecule has 0 saturated carbocycles. The number of carboxylic acids is 1. The van der Waals surface area contributed by atoms with Gasteiger partial charge < -0.3 is 10.0 Å². The Hall–Kier alpha value is -2.17. The van der Waals surface area contributed by atoms with Crippen LogP contribution in [-0.4, -0.2) is 34.1 Å². The van der Waals surface area contributed by atoms with Crippen molar-refractivity contribution >= 4 is 22.7 Å². The van der Waals surface area contributed by atoms with Gasteiger partial charge in [0.15, 0.2) is 0 Å². The third-order valence-electron chi connectivity index (χ3n) is 4.03. The van der Waals surface area contributed by atoms with Crippen molar-refractivity contribution < 1.29 is 9.90 Å². The van der Waals surface area contributed by atoms with Crippen molar-refractivity contribution in [3.05, 3.63) is 30.1 Å². The summed E-state index contributed by atoms with van der Waals surface area (Å²) in [5, 5.41) is 9.96. The zero-order valence-corrected chi connectivity index (χ0v) is 11.4. The highest BCUT2D eigenvalue weighted by Crippen LogP contribution is 2.29. The summed E-state index contributed by atoms with van der Waals surface area (Å²) < 4.78 is 0. The summed E-state index contributed by atoms with van der Waals surface area (Å²) in [6.45, 7) is 4.24. The molecule has 1 N–H and O–H groups in total. The maximum atomic E-state index is 11.0. The van der Waals surface area contributed by atoms with E-state index in [1.165, 1.54) is 19.2 Å². The van der Waals surface area contributed by atoms with Crippen LogP contribution in [-0.2, 0) is 0 Å². The molecule has 0 radical (unpaired) electrons. The summed E-state index contributed by atoms with van der Waals surface area (Å²) in [5.41, 5.74) is 0.949.